The second-order valence-corrected chi connectivity index (χ2v) is 7.75. The third kappa shape index (κ3) is 2.11. The lowest BCUT2D eigenvalue weighted by Gasteiger charge is -2.39. The summed E-state index contributed by atoms with van der Waals surface area (Å²) in [5.41, 5.74) is 1.19. The summed E-state index contributed by atoms with van der Waals surface area (Å²) in [5.74, 6) is 0.112. The normalized spacial score (nSPS) is 33.1. The molecule has 0 unspecified atom stereocenters. The number of hydrogen-bond acceptors (Lipinski definition) is 3. The maximum atomic E-state index is 13.0. The fourth-order valence-corrected chi connectivity index (χ4v) is 4.67. The number of hydrogen-bond donors (Lipinski definition) is 2. The van der Waals surface area contributed by atoms with Gasteiger partial charge in [-0.3, -0.25) is 4.79 Å². The molecule has 124 valence electrons. The summed E-state index contributed by atoms with van der Waals surface area (Å²) in [7, 11) is 0. The molecule has 2 bridgehead atoms. The highest BCUT2D eigenvalue weighted by Crippen LogP contribution is 2.70. The Labute approximate surface area is 138 Å². The lowest BCUT2D eigenvalue weighted by Crippen LogP contribution is -2.47. The van der Waals surface area contributed by atoms with Gasteiger partial charge in [0.15, 0.2) is 0 Å². The zero-order chi connectivity index (χ0) is 16.7. The standard InChI is InChI=1S/C19H26N2O2/c1-17(2)18(3)10-11-19(17,13-15(18)21-23)16(22)20-12-9-14-7-5-4-6-8-14/h4-8,23H,9-13H2,1-3H3,(H,20,22)/b21-15-/t18-,19-/m1/s1. The summed E-state index contributed by atoms with van der Waals surface area (Å²) in [4.78, 5) is 13.0. The molecular formula is C19H26N2O2. The molecule has 0 saturated heterocycles. The molecule has 4 heteroatoms. The molecule has 0 aromatic heterocycles. The maximum absolute atomic E-state index is 13.0. The molecule has 1 amide bonds. The molecule has 2 fully saturated rings. The van der Waals surface area contributed by atoms with E-state index in [-0.39, 0.29) is 16.7 Å². The monoisotopic (exact) mass is 314 g/mol. The van der Waals surface area contributed by atoms with Gasteiger partial charge in [-0.15, -0.1) is 0 Å². The number of carbonyl (C=O) groups is 1. The highest BCUT2D eigenvalue weighted by Gasteiger charge is 2.71. The van der Waals surface area contributed by atoms with E-state index in [9.17, 15) is 10.0 Å². The molecule has 0 heterocycles. The summed E-state index contributed by atoms with van der Waals surface area (Å²) in [6.45, 7) is 7.07. The minimum absolute atomic E-state index is 0.112. The molecule has 0 aliphatic heterocycles. The number of nitrogens with one attached hydrogen (secondary N) is 1. The molecule has 2 N–H and O–H groups in total. The molecule has 0 radical (unpaired) electrons. The van der Waals surface area contributed by atoms with E-state index in [1.807, 2.05) is 18.2 Å². The predicted octanol–water partition coefficient (Wildman–Crippen LogP) is 3.39. The lowest BCUT2D eigenvalue weighted by atomic mass is 9.64. The minimum Gasteiger partial charge on any atom is -0.411 e. The van der Waals surface area contributed by atoms with Crippen LogP contribution in [0.1, 0.15) is 45.6 Å². The van der Waals surface area contributed by atoms with Crippen LogP contribution in [0.25, 0.3) is 0 Å². The topological polar surface area (TPSA) is 61.7 Å². The zero-order valence-corrected chi connectivity index (χ0v) is 14.2. The Bertz CT molecular complexity index is 638. The van der Waals surface area contributed by atoms with Crippen LogP contribution in [0.15, 0.2) is 35.5 Å². The fourth-order valence-electron chi connectivity index (χ4n) is 4.67. The molecule has 1 aromatic carbocycles. The summed E-state index contributed by atoms with van der Waals surface area (Å²) in [5, 5.41) is 16.0. The Morgan fingerprint density at radius 2 is 1.91 bits per heavy atom. The molecule has 2 saturated carbocycles. The van der Waals surface area contributed by atoms with Crippen molar-refractivity contribution in [3.63, 3.8) is 0 Å². The first-order chi connectivity index (χ1) is 10.9. The minimum atomic E-state index is -0.444. The van der Waals surface area contributed by atoms with Crippen molar-refractivity contribution in [1.82, 2.24) is 5.32 Å². The molecule has 2 atom stereocenters. The van der Waals surface area contributed by atoms with E-state index in [0.29, 0.717) is 13.0 Å². The van der Waals surface area contributed by atoms with Crippen LogP contribution in [0.2, 0.25) is 0 Å². The predicted molar refractivity (Wildman–Crippen MR) is 90.5 cm³/mol. The first-order valence-electron chi connectivity index (χ1n) is 8.41. The van der Waals surface area contributed by atoms with E-state index in [1.54, 1.807) is 0 Å². The summed E-state index contributed by atoms with van der Waals surface area (Å²) >= 11 is 0. The van der Waals surface area contributed by atoms with Crippen LogP contribution in [0.4, 0.5) is 0 Å². The quantitative estimate of drug-likeness (QED) is 0.661. The van der Waals surface area contributed by atoms with E-state index in [2.05, 4.69) is 43.4 Å². The molecular weight excluding hydrogens is 288 g/mol. The maximum Gasteiger partial charge on any atom is 0.227 e. The Kier molecular flexibility index (Phi) is 3.74. The Morgan fingerprint density at radius 3 is 2.52 bits per heavy atom. The van der Waals surface area contributed by atoms with E-state index >= 15 is 0 Å². The van der Waals surface area contributed by atoms with Crippen LogP contribution in [0.3, 0.4) is 0 Å². The van der Waals surface area contributed by atoms with Gasteiger partial charge in [0.2, 0.25) is 5.91 Å². The van der Waals surface area contributed by atoms with Gasteiger partial charge in [-0.25, -0.2) is 0 Å². The van der Waals surface area contributed by atoms with Crippen molar-refractivity contribution in [3.05, 3.63) is 35.9 Å². The number of fused-ring (bicyclic) bond motifs is 2. The lowest BCUT2D eigenvalue weighted by molar-refractivity contribution is -0.135. The van der Waals surface area contributed by atoms with Crippen molar-refractivity contribution in [2.24, 2.45) is 21.4 Å². The molecule has 2 aliphatic rings. The molecule has 3 rings (SSSR count). The van der Waals surface area contributed by atoms with E-state index in [4.69, 9.17) is 0 Å². The summed E-state index contributed by atoms with van der Waals surface area (Å²) in [6, 6.07) is 10.2. The van der Waals surface area contributed by atoms with Gasteiger partial charge in [0, 0.05) is 18.4 Å². The van der Waals surface area contributed by atoms with E-state index in [1.165, 1.54) is 5.56 Å². The van der Waals surface area contributed by atoms with Crippen LogP contribution in [-0.4, -0.2) is 23.4 Å². The second-order valence-electron chi connectivity index (χ2n) is 7.75. The highest BCUT2D eigenvalue weighted by atomic mass is 16.4. The van der Waals surface area contributed by atoms with Crippen molar-refractivity contribution in [2.75, 3.05) is 6.54 Å². The Balaban J connectivity index is 1.72. The smallest absolute Gasteiger partial charge is 0.227 e. The van der Waals surface area contributed by atoms with Crippen molar-refractivity contribution in [1.29, 1.82) is 0 Å². The molecule has 2 aliphatic carbocycles. The van der Waals surface area contributed by atoms with Crippen molar-refractivity contribution >= 4 is 11.6 Å². The van der Waals surface area contributed by atoms with Crippen LogP contribution in [-0.2, 0) is 11.2 Å². The molecule has 1 aromatic rings. The summed E-state index contributed by atoms with van der Waals surface area (Å²) in [6.07, 6.45) is 3.18. The van der Waals surface area contributed by atoms with Gasteiger partial charge in [0.05, 0.1) is 11.1 Å². The first-order valence-corrected chi connectivity index (χ1v) is 8.41. The second kappa shape index (κ2) is 5.36. The molecule has 23 heavy (non-hydrogen) atoms. The van der Waals surface area contributed by atoms with Gasteiger partial charge < -0.3 is 10.5 Å². The van der Waals surface area contributed by atoms with Crippen molar-refractivity contribution in [2.45, 2.75) is 46.5 Å². The highest BCUT2D eigenvalue weighted by molar-refractivity contribution is 6.02. The van der Waals surface area contributed by atoms with Crippen LogP contribution in [0.5, 0.6) is 0 Å². The fraction of sp³-hybridized carbons (Fsp3) is 0.579. The Morgan fingerprint density at radius 1 is 1.22 bits per heavy atom. The summed E-state index contributed by atoms with van der Waals surface area (Å²) < 4.78 is 0. The van der Waals surface area contributed by atoms with E-state index in [0.717, 1.165) is 25.0 Å². The number of carbonyl (C=O) groups excluding carboxylic acids is 1. The third-order valence-corrected chi connectivity index (χ3v) is 6.83. The largest absolute Gasteiger partial charge is 0.411 e. The average Bonchev–Trinajstić information content (AvgIpc) is 2.85. The number of amides is 1. The van der Waals surface area contributed by atoms with Crippen LogP contribution >= 0.6 is 0 Å². The third-order valence-electron chi connectivity index (χ3n) is 6.83. The number of rotatable bonds is 4. The van der Waals surface area contributed by atoms with E-state index < -0.39 is 5.41 Å². The number of benzene rings is 1. The Hall–Kier alpha value is -1.84. The molecule has 4 nitrogen and oxygen atoms in total. The van der Waals surface area contributed by atoms with Gasteiger partial charge >= 0.3 is 0 Å². The number of nitrogens with zero attached hydrogens (tertiary/aromatic N) is 1. The van der Waals surface area contributed by atoms with Crippen LogP contribution in [0, 0.1) is 16.2 Å². The van der Waals surface area contributed by atoms with Gasteiger partial charge in [0.1, 0.15) is 0 Å². The first kappa shape index (κ1) is 16.0. The number of oxime groups is 1. The van der Waals surface area contributed by atoms with Gasteiger partial charge in [-0.2, -0.15) is 0 Å². The van der Waals surface area contributed by atoms with Crippen LogP contribution < -0.4 is 5.32 Å². The van der Waals surface area contributed by atoms with Gasteiger partial charge in [-0.1, -0.05) is 56.3 Å². The van der Waals surface area contributed by atoms with Crippen molar-refractivity contribution in [3.8, 4) is 0 Å². The zero-order valence-electron chi connectivity index (χ0n) is 14.2. The molecule has 0 spiro atoms. The average molecular weight is 314 g/mol. The van der Waals surface area contributed by atoms with Gasteiger partial charge in [0.25, 0.3) is 0 Å². The SMILES string of the molecule is CC1(C)[C@]2(C(=O)NCCc3ccccc3)CC[C@]1(C)/C(=N\O)C2. The van der Waals surface area contributed by atoms with Gasteiger partial charge in [-0.05, 0) is 30.2 Å². The van der Waals surface area contributed by atoms with Crippen molar-refractivity contribution < 1.29 is 10.0 Å².